The molecule has 1 N–H and O–H groups in total. The fourth-order valence-corrected chi connectivity index (χ4v) is 1.68. The number of hydrogen-bond acceptors (Lipinski definition) is 2. The van der Waals surface area contributed by atoms with Crippen molar-refractivity contribution in [3.63, 3.8) is 0 Å². The predicted octanol–water partition coefficient (Wildman–Crippen LogP) is 3.13. The summed E-state index contributed by atoms with van der Waals surface area (Å²) in [5, 5.41) is 8.27. The molecule has 1 heterocycles. The van der Waals surface area contributed by atoms with Crippen LogP contribution < -0.4 is 0 Å². The van der Waals surface area contributed by atoms with Crippen molar-refractivity contribution >= 4 is 33.5 Å². The van der Waals surface area contributed by atoms with Gasteiger partial charge in [0.1, 0.15) is 4.60 Å². The molecule has 0 radical (unpaired) electrons. The minimum Gasteiger partial charge on any atom is -0.476 e. The Labute approximate surface area is 90.8 Å². The summed E-state index contributed by atoms with van der Waals surface area (Å²) < 4.78 is 24.9. The smallest absolute Gasteiger partial charge is 0.355 e. The summed E-state index contributed by atoms with van der Waals surface area (Å²) in [6.45, 7) is 0. The fourth-order valence-electron chi connectivity index (χ4n) is 0.865. The van der Waals surface area contributed by atoms with E-state index >= 15 is 0 Å². The SMILES string of the molecule is O=C(O)c1nc(Br)cc(Cl)c1C(F)F. The first kappa shape index (κ1) is 11.3. The maximum atomic E-state index is 12.4. The van der Waals surface area contributed by atoms with Crippen LogP contribution in [-0.2, 0) is 0 Å². The van der Waals surface area contributed by atoms with Gasteiger partial charge in [-0.25, -0.2) is 18.6 Å². The molecule has 1 aromatic rings. The van der Waals surface area contributed by atoms with Gasteiger partial charge >= 0.3 is 5.97 Å². The number of aromatic nitrogens is 1. The first-order valence-electron chi connectivity index (χ1n) is 3.31. The summed E-state index contributed by atoms with van der Waals surface area (Å²) in [4.78, 5) is 14.0. The number of nitrogens with zero attached hydrogens (tertiary/aromatic N) is 1. The molecule has 0 atom stereocenters. The summed E-state index contributed by atoms with van der Waals surface area (Å²) in [7, 11) is 0. The van der Waals surface area contributed by atoms with Crippen molar-refractivity contribution in [3.05, 3.63) is 26.9 Å². The van der Waals surface area contributed by atoms with Crippen LogP contribution in [0, 0.1) is 0 Å². The third-order valence-electron chi connectivity index (χ3n) is 1.40. The lowest BCUT2D eigenvalue weighted by Crippen LogP contribution is -2.07. The second-order valence-corrected chi connectivity index (χ2v) is 3.51. The Hall–Kier alpha value is -0.750. The lowest BCUT2D eigenvalue weighted by atomic mass is 10.2. The van der Waals surface area contributed by atoms with Crippen molar-refractivity contribution < 1.29 is 18.7 Å². The van der Waals surface area contributed by atoms with Crippen LogP contribution in [0.25, 0.3) is 0 Å². The molecule has 1 rings (SSSR count). The highest BCUT2D eigenvalue weighted by Gasteiger charge is 2.23. The zero-order chi connectivity index (χ0) is 10.9. The zero-order valence-electron chi connectivity index (χ0n) is 6.47. The topological polar surface area (TPSA) is 50.2 Å². The predicted molar refractivity (Wildman–Crippen MR) is 48.9 cm³/mol. The second-order valence-electron chi connectivity index (χ2n) is 2.29. The van der Waals surface area contributed by atoms with Crippen molar-refractivity contribution in [1.29, 1.82) is 0 Å². The fraction of sp³-hybridized carbons (Fsp3) is 0.143. The Morgan fingerprint density at radius 3 is 2.64 bits per heavy atom. The van der Waals surface area contributed by atoms with Gasteiger partial charge in [-0.2, -0.15) is 0 Å². The van der Waals surface area contributed by atoms with E-state index < -0.39 is 23.7 Å². The molecule has 76 valence electrons. The first-order chi connectivity index (χ1) is 6.43. The number of halogens is 4. The number of aromatic carboxylic acids is 1. The van der Waals surface area contributed by atoms with Crippen LogP contribution in [0.4, 0.5) is 8.78 Å². The van der Waals surface area contributed by atoms with E-state index in [1.54, 1.807) is 0 Å². The molecule has 0 aliphatic rings. The number of carboxylic acids is 1. The summed E-state index contributed by atoms with van der Waals surface area (Å²) in [5.41, 5.74) is -1.50. The third kappa shape index (κ3) is 2.19. The Balaban J connectivity index is 3.44. The summed E-state index contributed by atoms with van der Waals surface area (Å²) in [5.74, 6) is -1.54. The molecule has 14 heavy (non-hydrogen) atoms. The van der Waals surface area contributed by atoms with Crippen molar-refractivity contribution in [1.82, 2.24) is 4.98 Å². The van der Waals surface area contributed by atoms with Crippen LogP contribution in [0.5, 0.6) is 0 Å². The highest BCUT2D eigenvalue weighted by molar-refractivity contribution is 9.10. The lowest BCUT2D eigenvalue weighted by molar-refractivity contribution is 0.0677. The molecule has 0 saturated carbocycles. The number of hydrogen-bond donors (Lipinski definition) is 1. The molecule has 0 fully saturated rings. The average molecular weight is 286 g/mol. The van der Waals surface area contributed by atoms with Crippen LogP contribution in [0.1, 0.15) is 22.5 Å². The van der Waals surface area contributed by atoms with Gasteiger partial charge in [0, 0.05) is 0 Å². The van der Waals surface area contributed by atoms with Gasteiger partial charge in [-0.15, -0.1) is 0 Å². The Morgan fingerprint density at radius 1 is 1.64 bits per heavy atom. The van der Waals surface area contributed by atoms with Crippen LogP contribution in [0.3, 0.4) is 0 Å². The van der Waals surface area contributed by atoms with Crippen LogP contribution >= 0.6 is 27.5 Å². The highest BCUT2D eigenvalue weighted by atomic mass is 79.9. The molecular formula is C7H3BrClF2NO2. The summed E-state index contributed by atoms with van der Waals surface area (Å²) >= 11 is 8.32. The van der Waals surface area contributed by atoms with Gasteiger partial charge in [-0.1, -0.05) is 11.6 Å². The number of carboxylic acid groups (broad SMARTS) is 1. The largest absolute Gasteiger partial charge is 0.476 e. The van der Waals surface area contributed by atoms with Gasteiger partial charge in [-0.05, 0) is 22.0 Å². The maximum Gasteiger partial charge on any atom is 0.355 e. The van der Waals surface area contributed by atoms with Gasteiger partial charge in [0.2, 0.25) is 0 Å². The molecule has 0 bridgehead atoms. The van der Waals surface area contributed by atoms with Crippen LogP contribution in [0.2, 0.25) is 5.02 Å². The Morgan fingerprint density at radius 2 is 2.21 bits per heavy atom. The maximum absolute atomic E-state index is 12.4. The standard InChI is InChI=1S/C7H3BrClF2NO2/c8-3-1-2(9)4(6(10)11)5(12-3)7(13)14/h1,6H,(H,13,14). The zero-order valence-corrected chi connectivity index (χ0v) is 8.81. The van der Waals surface area contributed by atoms with Crippen molar-refractivity contribution in [3.8, 4) is 0 Å². The average Bonchev–Trinajstić information content (AvgIpc) is 2.01. The van der Waals surface area contributed by atoms with E-state index in [-0.39, 0.29) is 9.63 Å². The molecule has 1 aromatic heterocycles. The van der Waals surface area contributed by atoms with Crippen molar-refractivity contribution in [2.45, 2.75) is 6.43 Å². The number of rotatable bonds is 2. The molecule has 7 heteroatoms. The molecular weight excluding hydrogens is 283 g/mol. The van der Waals surface area contributed by atoms with Gasteiger partial charge in [0.05, 0.1) is 10.6 Å². The molecule has 0 saturated heterocycles. The summed E-state index contributed by atoms with van der Waals surface area (Å²) in [6, 6.07) is 1.12. The molecule has 0 aromatic carbocycles. The van der Waals surface area contributed by atoms with Gasteiger partial charge in [-0.3, -0.25) is 0 Å². The van der Waals surface area contributed by atoms with Gasteiger partial charge < -0.3 is 5.11 Å². The van der Waals surface area contributed by atoms with E-state index in [9.17, 15) is 13.6 Å². The quantitative estimate of drug-likeness (QED) is 0.850. The van der Waals surface area contributed by atoms with Gasteiger partial charge in [0.15, 0.2) is 5.69 Å². The van der Waals surface area contributed by atoms with Gasteiger partial charge in [0.25, 0.3) is 6.43 Å². The molecule has 0 unspecified atom stereocenters. The van der Waals surface area contributed by atoms with E-state index in [1.807, 2.05) is 0 Å². The molecule has 0 spiro atoms. The Bertz CT molecular complexity index is 386. The monoisotopic (exact) mass is 285 g/mol. The normalized spacial score (nSPS) is 10.6. The highest BCUT2D eigenvalue weighted by Crippen LogP contribution is 2.31. The second kappa shape index (κ2) is 4.18. The van der Waals surface area contributed by atoms with E-state index in [1.165, 1.54) is 0 Å². The van der Waals surface area contributed by atoms with Crippen molar-refractivity contribution in [2.24, 2.45) is 0 Å². The lowest BCUT2D eigenvalue weighted by Gasteiger charge is -2.06. The summed E-state index contributed by atoms with van der Waals surface area (Å²) in [6.07, 6.45) is -2.96. The minimum atomic E-state index is -2.96. The van der Waals surface area contributed by atoms with E-state index in [2.05, 4.69) is 20.9 Å². The molecule has 0 aliphatic carbocycles. The van der Waals surface area contributed by atoms with Crippen molar-refractivity contribution in [2.75, 3.05) is 0 Å². The van der Waals surface area contributed by atoms with Crippen LogP contribution in [-0.4, -0.2) is 16.1 Å². The van der Waals surface area contributed by atoms with E-state index in [4.69, 9.17) is 16.7 Å². The van der Waals surface area contributed by atoms with Crippen LogP contribution in [0.15, 0.2) is 10.7 Å². The van der Waals surface area contributed by atoms with E-state index in [0.29, 0.717) is 0 Å². The first-order valence-corrected chi connectivity index (χ1v) is 4.48. The number of alkyl halides is 2. The molecule has 0 amide bonds. The number of pyridine rings is 1. The molecule has 3 nitrogen and oxygen atoms in total. The van der Waals surface area contributed by atoms with E-state index in [0.717, 1.165) is 6.07 Å². The minimum absolute atomic E-state index is 0.101. The third-order valence-corrected chi connectivity index (χ3v) is 2.12. The molecule has 0 aliphatic heterocycles. The Kier molecular flexibility index (Phi) is 3.38. The number of carbonyl (C=O) groups is 1.